The highest BCUT2D eigenvalue weighted by Gasteiger charge is 2.68. The summed E-state index contributed by atoms with van der Waals surface area (Å²) >= 11 is 14.7. The van der Waals surface area contributed by atoms with Crippen LogP contribution in [-0.2, 0) is 4.79 Å². The molecular weight excluding hydrogens is 322 g/mol. The molecule has 16 heavy (non-hydrogen) atoms. The summed E-state index contributed by atoms with van der Waals surface area (Å²) in [4.78, 5) is 10.8. The number of alkyl halides is 2. The molecule has 1 aliphatic rings. The molecule has 0 heterocycles. The molecule has 1 aromatic carbocycles. The van der Waals surface area contributed by atoms with Crippen LogP contribution in [0.3, 0.4) is 0 Å². The van der Waals surface area contributed by atoms with Crippen LogP contribution >= 0.6 is 39.1 Å². The minimum atomic E-state index is -1.34. The molecular formula is C10H6BrCl2FO2. The Labute approximate surface area is 109 Å². The Morgan fingerprint density at radius 1 is 1.50 bits per heavy atom. The van der Waals surface area contributed by atoms with Gasteiger partial charge in [-0.2, -0.15) is 0 Å². The van der Waals surface area contributed by atoms with E-state index in [1.165, 1.54) is 12.1 Å². The smallest absolute Gasteiger partial charge is 0.310 e. The first-order valence-corrected chi connectivity index (χ1v) is 5.96. The van der Waals surface area contributed by atoms with Gasteiger partial charge in [-0.3, -0.25) is 4.79 Å². The lowest BCUT2D eigenvalue weighted by Crippen LogP contribution is -2.03. The van der Waals surface area contributed by atoms with Crippen molar-refractivity contribution in [2.45, 2.75) is 10.3 Å². The number of carboxylic acid groups (broad SMARTS) is 1. The molecule has 86 valence electrons. The van der Waals surface area contributed by atoms with Gasteiger partial charge in [0.15, 0.2) is 0 Å². The van der Waals surface area contributed by atoms with E-state index in [4.69, 9.17) is 28.3 Å². The third-order valence-electron chi connectivity index (χ3n) is 2.62. The fourth-order valence-corrected chi connectivity index (χ4v) is 2.82. The first-order chi connectivity index (χ1) is 7.35. The fourth-order valence-electron chi connectivity index (χ4n) is 1.75. The normalized spacial score (nSPS) is 26.5. The number of hydrogen-bond donors (Lipinski definition) is 1. The zero-order chi connectivity index (χ0) is 12.1. The lowest BCUT2D eigenvalue weighted by molar-refractivity contribution is -0.138. The molecule has 2 rings (SSSR count). The lowest BCUT2D eigenvalue weighted by atomic mass is 10.1. The van der Waals surface area contributed by atoms with Crippen molar-refractivity contribution in [2.24, 2.45) is 5.92 Å². The monoisotopic (exact) mass is 326 g/mol. The summed E-state index contributed by atoms with van der Waals surface area (Å²) in [6.45, 7) is 0. The van der Waals surface area contributed by atoms with E-state index in [2.05, 4.69) is 15.9 Å². The van der Waals surface area contributed by atoms with Gasteiger partial charge in [-0.25, -0.2) is 4.39 Å². The molecule has 1 aliphatic carbocycles. The topological polar surface area (TPSA) is 37.3 Å². The average Bonchev–Trinajstić information content (AvgIpc) is 2.74. The van der Waals surface area contributed by atoms with E-state index in [1.807, 2.05) is 0 Å². The first-order valence-electron chi connectivity index (χ1n) is 4.41. The van der Waals surface area contributed by atoms with Gasteiger partial charge in [-0.15, -0.1) is 0 Å². The number of carboxylic acids is 1. The van der Waals surface area contributed by atoms with Gasteiger partial charge in [0, 0.05) is 5.92 Å². The Kier molecular flexibility index (Phi) is 2.93. The molecule has 1 N–H and O–H groups in total. The maximum absolute atomic E-state index is 13.3. The minimum absolute atomic E-state index is 0.318. The number of halogens is 4. The van der Waals surface area contributed by atoms with E-state index in [-0.39, 0.29) is 0 Å². The summed E-state index contributed by atoms with van der Waals surface area (Å²) in [5.41, 5.74) is 0.498. The van der Waals surface area contributed by atoms with Gasteiger partial charge in [0.2, 0.25) is 0 Å². The highest BCUT2D eigenvalue weighted by molar-refractivity contribution is 9.10. The van der Waals surface area contributed by atoms with Crippen molar-refractivity contribution in [2.75, 3.05) is 0 Å². The van der Waals surface area contributed by atoms with Gasteiger partial charge >= 0.3 is 5.97 Å². The Morgan fingerprint density at radius 2 is 2.12 bits per heavy atom. The average molecular weight is 328 g/mol. The van der Waals surface area contributed by atoms with Crippen LogP contribution in [0.5, 0.6) is 0 Å². The van der Waals surface area contributed by atoms with Crippen LogP contribution in [-0.4, -0.2) is 15.4 Å². The first kappa shape index (κ1) is 12.1. The summed E-state index contributed by atoms with van der Waals surface area (Å²) in [6.07, 6.45) is 0. The van der Waals surface area contributed by atoms with Crippen LogP contribution in [0.2, 0.25) is 0 Å². The quantitative estimate of drug-likeness (QED) is 0.843. The molecule has 0 bridgehead atoms. The van der Waals surface area contributed by atoms with E-state index in [0.717, 1.165) is 0 Å². The van der Waals surface area contributed by atoms with Gasteiger partial charge in [0.25, 0.3) is 0 Å². The molecule has 2 atom stereocenters. The van der Waals surface area contributed by atoms with Crippen LogP contribution in [0.4, 0.5) is 4.39 Å². The molecule has 2 nitrogen and oxygen atoms in total. The molecule has 0 radical (unpaired) electrons. The third-order valence-corrected chi connectivity index (χ3v) is 4.21. The second-order valence-corrected chi connectivity index (χ2v) is 5.94. The summed E-state index contributed by atoms with van der Waals surface area (Å²) in [6, 6.07) is 4.36. The molecule has 1 aromatic rings. The zero-order valence-corrected chi connectivity index (χ0v) is 10.9. The summed E-state index contributed by atoms with van der Waals surface area (Å²) < 4.78 is 12.2. The van der Waals surface area contributed by atoms with Crippen molar-refractivity contribution in [3.05, 3.63) is 34.1 Å². The Balaban J connectivity index is 2.33. The maximum Gasteiger partial charge on any atom is 0.310 e. The molecule has 0 amide bonds. The number of carbonyl (C=O) groups is 1. The predicted molar refractivity (Wildman–Crippen MR) is 62.4 cm³/mol. The van der Waals surface area contributed by atoms with Gasteiger partial charge in [0.05, 0.1) is 10.4 Å². The van der Waals surface area contributed by atoms with Crippen molar-refractivity contribution < 1.29 is 14.3 Å². The predicted octanol–water partition coefficient (Wildman–Crippen LogP) is 3.56. The molecule has 0 saturated heterocycles. The van der Waals surface area contributed by atoms with Gasteiger partial charge in [-0.05, 0) is 33.6 Å². The molecule has 1 saturated carbocycles. The van der Waals surface area contributed by atoms with Crippen LogP contribution in [0, 0.1) is 11.7 Å². The Bertz CT molecular complexity index is 464. The Hall–Kier alpha value is -0.320. The molecule has 1 fully saturated rings. The van der Waals surface area contributed by atoms with E-state index in [9.17, 15) is 9.18 Å². The van der Waals surface area contributed by atoms with Crippen LogP contribution in [0.25, 0.3) is 0 Å². The van der Waals surface area contributed by atoms with Crippen molar-refractivity contribution in [1.29, 1.82) is 0 Å². The van der Waals surface area contributed by atoms with E-state index in [0.29, 0.717) is 10.0 Å². The lowest BCUT2D eigenvalue weighted by Gasteiger charge is -2.01. The van der Waals surface area contributed by atoms with E-state index < -0.39 is 28.0 Å². The number of rotatable bonds is 2. The number of hydrogen-bond acceptors (Lipinski definition) is 1. The van der Waals surface area contributed by atoms with E-state index >= 15 is 0 Å². The SMILES string of the molecule is O=C(O)C1C(c2ccc(Br)c(F)c2)C1(Cl)Cl. The summed E-state index contributed by atoms with van der Waals surface area (Å²) in [5.74, 6) is -2.97. The highest BCUT2D eigenvalue weighted by atomic mass is 79.9. The van der Waals surface area contributed by atoms with Crippen molar-refractivity contribution >= 4 is 45.1 Å². The molecule has 0 aromatic heterocycles. The van der Waals surface area contributed by atoms with Crippen molar-refractivity contribution in [1.82, 2.24) is 0 Å². The third kappa shape index (κ3) is 1.83. The van der Waals surface area contributed by atoms with Crippen LogP contribution < -0.4 is 0 Å². The number of aliphatic carboxylic acids is 1. The second kappa shape index (κ2) is 3.86. The van der Waals surface area contributed by atoms with Gasteiger partial charge in [0.1, 0.15) is 10.2 Å². The zero-order valence-electron chi connectivity index (χ0n) is 7.75. The summed E-state index contributed by atoms with van der Waals surface area (Å²) in [7, 11) is 0. The van der Waals surface area contributed by atoms with E-state index in [1.54, 1.807) is 6.07 Å². The fraction of sp³-hybridized carbons (Fsp3) is 0.300. The van der Waals surface area contributed by atoms with Gasteiger partial charge in [-0.1, -0.05) is 29.3 Å². The molecule has 0 aliphatic heterocycles. The second-order valence-electron chi connectivity index (χ2n) is 3.64. The van der Waals surface area contributed by atoms with Crippen LogP contribution in [0.1, 0.15) is 11.5 Å². The maximum atomic E-state index is 13.3. The standard InChI is InChI=1S/C10H6BrCl2FO2/c11-5-2-1-4(3-6(5)14)7-8(9(15)16)10(7,12)13/h1-3,7-8H,(H,15,16). The van der Waals surface area contributed by atoms with Gasteiger partial charge < -0.3 is 5.11 Å². The van der Waals surface area contributed by atoms with Crippen molar-refractivity contribution in [3.63, 3.8) is 0 Å². The van der Waals surface area contributed by atoms with Crippen molar-refractivity contribution in [3.8, 4) is 0 Å². The highest BCUT2D eigenvalue weighted by Crippen LogP contribution is 2.65. The minimum Gasteiger partial charge on any atom is -0.481 e. The largest absolute Gasteiger partial charge is 0.481 e. The Morgan fingerprint density at radius 3 is 2.56 bits per heavy atom. The molecule has 2 unspecified atom stereocenters. The van der Waals surface area contributed by atoms with Crippen LogP contribution in [0.15, 0.2) is 22.7 Å². The molecule has 0 spiro atoms. The summed E-state index contributed by atoms with van der Waals surface area (Å²) in [5, 5.41) is 8.87. The number of benzene rings is 1. The molecule has 6 heteroatoms.